The van der Waals surface area contributed by atoms with Crippen molar-refractivity contribution in [2.24, 2.45) is 0 Å². The topological polar surface area (TPSA) is 16.9 Å². The van der Waals surface area contributed by atoms with Crippen LogP contribution < -0.4 is 4.90 Å². The van der Waals surface area contributed by atoms with Crippen molar-refractivity contribution >= 4 is 82.6 Å². The smallest absolute Gasteiger partial charge is 0.187 e. The van der Waals surface area contributed by atoms with E-state index >= 15 is 0 Å². The second kappa shape index (κ2) is 10.9. The summed E-state index contributed by atoms with van der Waals surface area (Å²) >= 11 is 0. The SMILES string of the molecule is [C-]#[N+]c1ccc(N(c2ccc([N+]#[C-])cc2)c2ccc3c(c2)c2c4ccccc4c4ccc5ccccc5c4c2n3-c2ccccc2)cc1. The van der Waals surface area contributed by atoms with Crippen molar-refractivity contribution in [1.29, 1.82) is 0 Å². The molecule has 0 N–H and O–H groups in total. The lowest BCUT2D eigenvalue weighted by Gasteiger charge is -2.26. The molecular formula is C44H26N4. The van der Waals surface area contributed by atoms with Crippen LogP contribution >= 0.6 is 0 Å². The number of hydrogen-bond acceptors (Lipinski definition) is 1. The van der Waals surface area contributed by atoms with Crippen molar-refractivity contribution in [3.05, 3.63) is 181 Å². The summed E-state index contributed by atoms with van der Waals surface area (Å²) in [7, 11) is 0. The monoisotopic (exact) mass is 610 g/mol. The van der Waals surface area contributed by atoms with Crippen molar-refractivity contribution in [2.75, 3.05) is 4.90 Å². The Morgan fingerprint density at radius 2 is 0.979 bits per heavy atom. The first-order chi connectivity index (χ1) is 23.7. The van der Waals surface area contributed by atoms with Crippen molar-refractivity contribution < 1.29 is 0 Å². The van der Waals surface area contributed by atoms with Gasteiger partial charge in [0, 0.05) is 38.9 Å². The highest BCUT2D eigenvalue weighted by atomic mass is 15.1. The normalized spacial score (nSPS) is 11.3. The zero-order valence-corrected chi connectivity index (χ0v) is 25.8. The van der Waals surface area contributed by atoms with E-state index in [1.54, 1.807) is 0 Å². The molecule has 222 valence electrons. The summed E-state index contributed by atoms with van der Waals surface area (Å²) in [5, 5.41) is 9.71. The maximum atomic E-state index is 7.49. The highest BCUT2D eigenvalue weighted by molar-refractivity contribution is 6.36. The first-order valence-electron chi connectivity index (χ1n) is 15.8. The van der Waals surface area contributed by atoms with E-state index in [4.69, 9.17) is 13.1 Å². The molecular weight excluding hydrogens is 585 g/mol. The summed E-state index contributed by atoms with van der Waals surface area (Å²) in [6.45, 7) is 15.0. The Kier molecular flexibility index (Phi) is 6.22. The lowest BCUT2D eigenvalue weighted by Crippen LogP contribution is -2.09. The van der Waals surface area contributed by atoms with Crippen LogP contribution in [-0.4, -0.2) is 4.57 Å². The number of benzene rings is 8. The zero-order chi connectivity index (χ0) is 32.2. The fourth-order valence-electron chi connectivity index (χ4n) is 7.26. The molecule has 48 heavy (non-hydrogen) atoms. The van der Waals surface area contributed by atoms with Gasteiger partial charge in [0.15, 0.2) is 11.4 Å². The van der Waals surface area contributed by atoms with Gasteiger partial charge in [-0.05, 0) is 81.5 Å². The van der Waals surface area contributed by atoms with E-state index in [1.165, 1.54) is 43.2 Å². The molecule has 0 bridgehead atoms. The molecule has 4 heteroatoms. The number of rotatable bonds is 4. The molecule has 0 saturated carbocycles. The van der Waals surface area contributed by atoms with E-state index in [0.29, 0.717) is 11.4 Å². The van der Waals surface area contributed by atoms with E-state index in [-0.39, 0.29) is 0 Å². The van der Waals surface area contributed by atoms with Gasteiger partial charge in [0.05, 0.1) is 24.2 Å². The molecule has 0 aliphatic carbocycles. The zero-order valence-electron chi connectivity index (χ0n) is 25.8. The molecule has 0 amide bonds. The minimum atomic E-state index is 0.592. The maximum Gasteiger partial charge on any atom is 0.187 e. The van der Waals surface area contributed by atoms with Crippen LogP contribution in [-0.2, 0) is 0 Å². The first-order valence-corrected chi connectivity index (χ1v) is 15.8. The average Bonchev–Trinajstić information content (AvgIpc) is 3.50. The minimum absolute atomic E-state index is 0.592. The summed E-state index contributed by atoms with van der Waals surface area (Å²) in [5.74, 6) is 0. The van der Waals surface area contributed by atoms with Gasteiger partial charge in [-0.1, -0.05) is 103 Å². The van der Waals surface area contributed by atoms with Crippen LogP contribution in [0.15, 0.2) is 158 Å². The van der Waals surface area contributed by atoms with Crippen molar-refractivity contribution in [1.82, 2.24) is 4.57 Å². The predicted molar refractivity (Wildman–Crippen MR) is 201 cm³/mol. The molecule has 0 aliphatic heterocycles. The van der Waals surface area contributed by atoms with Gasteiger partial charge in [-0.25, -0.2) is 9.69 Å². The number of anilines is 3. The summed E-state index contributed by atoms with van der Waals surface area (Å²) in [5.41, 5.74) is 7.46. The molecule has 0 spiro atoms. The Balaban J connectivity index is 1.45. The van der Waals surface area contributed by atoms with Crippen LogP contribution in [0.1, 0.15) is 0 Å². The molecule has 9 rings (SSSR count). The third kappa shape index (κ3) is 4.14. The molecule has 8 aromatic carbocycles. The van der Waals surface area contributed by atoms with Gasteiger partial charge in [-0.2, -0.15) is 0 Å². The predicted octanol–water partition coefficient (Wildman–Crippen LogP) is 12.8. The number of aromatic nitrogens is 1. The van der Waals surface area contributed by atoms with Crippen molar-refractivity contribution in [3.63, 3.8) is 0 Å². The highest BCUT2D eigenvalue weighted by Crippen LogP contribution is 2.46. The summed E-state index contributed by atoms with van der Waals surface area (Å²) in [6.07, 6.45) is 0. The summed E-state index contributed by atoms with van der Waals surface area (Å²) in [4.78, 5) is 9.43. The molecule has 1 aromatic heterocycles. The van der Waals surface area contributed by atoms with Crippen LogP contribution in [0.2, 0.25) is 0 Å². The van der Waals surface area contributed by atoms with Gasteiger partial charge in [-0.15, -0.1) is 0 Å². The van der Waals surface area contributed by atoms with Crippen LogP contribution in [0.5, 0.6) is 0 Å². The molecule has 4 nitrogen and oxygen atoms in total. The third-order valence-corrected chi connectivity index (χ3v) is 9.35. The molecule has 0 radical (unpaired) electrons. The first kappa shape index (κ1) is 27.4. The van der Waals surface area contributed by atoms with Crippen molar-refractivity contribution in [3.8, 4) is 5.69 Å². The molecule has 0 atom stereocenters. The quantitative estimate of drug-likeness (QED) is 0.143. The van der Waals surface area contributed by atoms with Crippen molar-refractivity contribution in [2.45, 2.75) is 0 Å². The molecule has 0 aliphatic rings. The number of para-hydroxylation sites is 1. The summed E-state index contributed by atoms with van der Waals surface area (Å²) < 4.78 is 2.43. The molecule has 1 heterocycles. The van der Waals surface area contributed by atoms with E-state index in [1.807, 2.05) is 48.5 Å². The Hall–Kier alpha value is -6.88. The fourth-order valence-corrected chi connectivity index (χ4v) is 7.26. The Bertz CT molecular complexity index is 2720. The summed E-state index contributed by atoms with van der Waals surface area (Å²) in [6, 6.07) is 54.7. The lowest BCUT2D eigenvalue weighted by atomic mass is 9.93. The van der Waals surface area contributed by atoms with E-state index in [0.717, 1.165) is 33.7 Å². The second-order valence-corrected chi connectivity index (χ2v) is 11.9. The molecule has 0 unspecified atom stereocenters. The Morgan fingerprint density at radius 3 is 1.65 bits per heavy atom. The van der Waals surface area contributed by atoms with Crippen LogP contribution in [0.4, 0.5) is 28.4 Å². The van der Waals surface area contributed by atoms with Crippen LogP contribution in [0.3, 0.4) is 0 Å². The Labute approximate surface area is 277 Å². The number of nitrogens with zero attached hydrogens (tertiary/aromatic N) is 4. The molecule has 9 aromatic rings. The number of fused-ring (bicyclic) bond motifs is 10. The Morgan fingerprint density at radius 1 is 0.438 bits per heavy atom. The van der Waals surface area contributed by atoms with E-state index in [9.17, 15) is 0 Å². The highest BCUT2D eigenvalue weighted by Gasteiger charge is 2.22. The van der Waals surface area contributed by atoms with Crippen LogP contribution in [0.25, 0.3) is 69.5 Å². The second-order valence-electron chi connectivity index (χ2n) is 11.9. The standard InChI is InChI=1S/C44H26N4/c1-45-30-17-21-33(22-18-30)47(34-23-19-31(46-2)20-24-34)35-25-27-41-40(28-35)43-38-15-9-8-14-37(38)39-26-16-29-10-6-7-13-36(29)42(39)44(43)48(41)32-11-4-3-5-12-32/h3-28H. The number of hydrogen-bond donors (Lipinski definition) is 0. The lowest BCUT2D eigenvalue weighted by molar-refractivity contribution is 1.19. The van der Waals surface area contributed by atoms with Crippen LogP contribution in [0, 0.1) is 13.1 Å². The van der Waals surface area contributed by atoms with Gasteiger partial charge < -0.3 is 9.47 Å². The fraction of sp³-hybridized carbons (Fsp3) is 0. The maximum absolute atomic E-state index is 7.49. The van der Waals surface area contributed by atoms with E-state index in [2.05, 4.69) is 128 Å². The van der Waals surface area contributed by atoms with Gasteiger partial charge >= 0.3 is 0 Å². The van der Waals surface area contributed by atoms with Gasteiger partial charge in [0.25, 0.3) is 0 Å². The van der Waals surface area contributed by atoms with Gasteiger partial charge in [0.2, 0.25) is 0 Å². The van der Waals surface area contributed by atoms with E-state index < -0.39 is 0 Å². The average molecular weight is 611 g/mol. The minimum Gasteiger partial charge on any atom is -0.311 e. The molecule has 0 saturated heterocycles. The van der Waals surface area contributed by atoms with Gasteiger partial charge in [0.1, 0.15) is 0 Å². The largest absolute Gasteiger partial charge is 0.311 e. The van der Waals surface area contributed by atoms with Gasteiger partial charge in [-0.3, -0.25) is 0 Å². The third-order valence-electron chi connectivity index (χ3n) is 9.35. The molecule has 0 fully saturated rings.